The molecule has 0 fully saturated rings. The Hall–Kier alpha value is -1.84. The molecule has 16 heavy (non-hydrogen) atoms. The van der Waals surface area contributed by atoms with E-state index >= 15 is 0 Å². The van der Waals surface area contributed by atoms with E-state index in [1.807, 2.05) is 19.1 Å². The van der Waals surface area contributed by atoms with Crippen molar-refractivity contribution >= 4 is 11.9 Å². The van der Waals surface area contributed by atoms with Crippen molar-refractivity contribution in [3.05, 3.63) is 29.8 Å². The average molecular weight is 222 g/mol. The van der Waals surface area contributed by atoms with Gasteiger partial charge in [-0.25, -0.2) is 0 Å². The summed E-state index contributed by atoms with van der Waals surface area (Å²) >= 11 is 0. The Kier molecular flexibility index (Phi) is 4.51. The number of hydrogen-bond acceptors (Lipinski definition) is 4. The lowest BCUT2D eigenvalue weighted by Gasteiger charge is -2.07. The molecule has 4 nitrogen and oxygen atoms in total. The van der Waals surface area contributed by atoms with E-state index in [4.69, 9.17) is 4.74 Å². The Labute approximate surface area is 94.2 Å². The second-order valence-electron chi connectivity index (χ2n) is 3.19. The summed E-state index contributed by atoms with van der Waals surface area (Å²) in [4.78, 5) is 22.2. The highest BCUT2D eigenvalue weighted by Gasteiger charge is 2.13. The summed E-state index contributed by atoms with van der Waals surface area (Å²) in [6.07, 6.45) is 0.399. The number of hydrogen-bond donors (Lipinski definition) is 0. The molecule has 0 aliphatic carbocycles. The highest BCUT2D eigenvalue weighted by atomic mass is 16.5. The molecule has 1 aromatic carbocycles. The fourth-order valence-corrected chi connectivity index (χ4v) is 1.24. The number of methoxy groups -OCH3 is 1. The molecular formula is C12H14O4. The van der Waals surface area contributed by atoms with Gasteiger partial charge in [0.05, 0.1) is 7.11 Å². The van der Waals surface area contributed by atoms with Gasteiger partial charge in [0.25, 0.3) is 0 Å². The molecule has 0 aromatic heterocycles. The monoisotopic (exact) mass is 222 g/mol. The quantitative estimate of drug-likeness (QED) is 0.442. The highest BCUT2D eigenvalue weighted by Crippen LogP contribution is 2.18. The minimum atomic E-state index is -0.604. The van der Waals surface area contributed by atoms with Crippen LogP contribution in [0.25, 0.3) is 0 Å². The van der Waals surface area contributed by atoms with Gasteiger partial charge in [-0.05, 0) is 18.1 Å². The molecular weight excluding hydrogens is 208 g/mol. The Morgan fingerprint density at radius 2 is 1.88 bits per heavy atom. The number of carbonyl (C=O) groups is 2. The largest absolute Gasteiger partial charge is 0.469 e. The van der Waals surface area contributed by atoms with Gasteiger partial charge in [0.2, 0.25) is 0 Å². The number of benzene rings is 1. The summed E-state index contributed by atoms with van der Waals surface area (Å²) in [6.45, 7) is 1.97. The van der Waals surface area contributed by atoms with Crippen molar-refractivity contribution in [3.63, 3.8) is 0 Å². The van der Waals surface area contributed by atoms with E-state index in [1.165, 1.54) is 7.11 Å². The van der Waals surface area contributed by atoms with E-state index in [0.717, 1.165) is 12.0 Å². The van der Waals surface area contributed by atoms with E-state index in [-0.39, 0.29) is 6.42 Å². The van der Waals surface area contributed by atoms with Gasteiger partial charge < -0.3 is 9.47 Å². The van der Waals surface area contributed by atoms with Crippen LogP contribution in [0.4, 0.5) is 0 Å². The number of esters is 2. The first-order valence-electron chi connectivity index (χ1n) is 5.02. The van der Waals surface area contributed by atoms with Crippen molar-refractivity contribution in [3.8, 4) is 5.75 Å². The number of rotatable bonds is 4. The van der Waals surface area contributed by atoms with Crippen molar-refractivity contribution in [1.29, 1.82) is 0 Å². The second kappa shape index (κ2) is 5.90. The molecule has 0 saturated carbocycles. The first-order chi connectivity index (χ1) is 7.67. The van der Waals surface area contributed by atoms with Crippen molar-refractivity contribution in [1.82, 2.24) is 0 Å². The summed E-state index contributed by atoms with van der Waals surface area (Å²) in [5.74, 6) is -0.703. The summed E-state index contributed by atoms with van der Waals surface area (Å²) in [5.41, 5.74) is 0.931. The van der Waals surface area contributed by atoms with Gasteiger partial charge in [-0.2, -0.15) is 0 Å². The van der Waals surface area contributed by atoms with Crippen LogP contribution in [0.1, 0.15) is 18.9 Å². The Morgan fingerprint density at radius 1 is 1.19 bits per heavy atom. The molecule has 0 unspecified atom stereocenters. The van der Waals surface area contributed by atoms with Gasteiger partial charge in [-0.3, -0.25) is 9.59 Å². The summed E-state index contributed by atoms with van der Waals surface area (Å²) in [6, 6.07) is 7.23. The van der Waals surface area contributed by atoms with Crippen LogP contribution in [0.15, 0.2) is 24.3 Å². The Bertz CT molecular complexity index is 384. The van der Waals surface area contributed by atoms with Gasteiger partial charge in [0.1, 0.15) is 12.2 Å². The van der Waals surface area contributed by atoms with E-state index < -0.39 is 11.9 Å². The molecule has 0 bridgehead atoms. The highest BCUT2D eigenvalue weighted by molar-refractivity contribution is 5.92. The van der Waals surface area contributed by atoms with E-state index in [9.17, 15) is 9.59 Å². The van der Waals surface area contributed by atoms with Crippen LogP contribution in [0.2, 0.25) is 0 Å². The fraction of sp³-hybridized carbons (Fsp3) is 0.333. The Morgan fingerprint density at radius 3 is 2.50 bits per heavy atom. The predicted molar refractivity (Wildman–Crippen MR) is 58.1 cm³/mol. The van der Waals surface area contributed by atoms with Gasteiger partial charge in [0.15, 0.2) is 0 Å². The van der Waals surface area contributed by atoms with Gasteiger partial charge in [0, 0.05) is 0 Å². The SMILES string of the molecule is CCc1ccccc1OC(=O)CC(=O)OC. The third kappa shape index (κ3) is 3.38. The summed E-state index contributed by atoms with van der Waals surface area (Å²) in [7, 11) is 1.23. The third-order valence-corrected chi connectivity index (χ3v) is 2.09. The van der Waals surface area contributed by atoms with E-state index in [2.05, 4.69) is 4.74 Å². The van der Waals surface area contributed by atoms with Gasteiger partial charge in [-0.1, -0.05) is 25.1 Å². The first-order valence-corrected chi connectivity index (χ1v) is 5.02. The van der Waals surface area contributed by atoms with Crippen LogP contribution in [0.3, 0.4) is 0 Å². The molecule has 1 rings (SSSR count). The maximum atomic E-state index is 11.3. The first kappa shape index (κ1) is 12.2. The average Bonchev–Trinajstić information content (AvgIpc) is 2.29. The predicted octanol–water partition coefficient (Wildman–Crippen LogP) is 1.72. The molecule has 0 atom stereocenters. The maximum Gasteiger partial charge on any atom is 0.322 e. The van der Waals surface area contributed by atoms with Crippen LogP contribution in [-0.2, 0) is 20.7 Å². The minimum absolute atomic E-state index is 0.367. The number of ether oxygens (including phenoxy) is 2. The second-order valence-corrected chi connectivity index (χ2v) is 3.19. The molecule has 0 amide bonds. The van der Waals surface area contributed by atoms with Crippen molar-refractivity contribution in [2.24, 2.45) is 0 Å². The smallest absolute Gasteiger partial charge is 0.322 e. The van der Waals surface area contributed by atoms with E-state index in [1.54, 1.807) is 12.1 Å². The van der Waals surface area contributed by atoms with Crippen molar-refractivity contribution < 1.29 is 19.1 Å². The maximum absolute atomic E-state index is 11.3. The molecule has 0 radical (unpaired) electrons. The molecule has 0 aliphatic rings. The zero-order valence-electron chi connectivity index (χ0n) is 9.36. The molecule has 0 N–H and O–H groups in total. The fourth-order valence-electron chi connectivity index (χ4n) is 1.24. The lowest BCUT2D eigenvalue weighted by atomic mass is 10.1. The normalized spacial score (nSPS) is 9.62. The standard InChI is InChI=1S/C12H14O4/c1-3-9-6-4-5-7-10(9)16-12(14)8-11(13)15-2/h4-7H,3,8H2,1-2H3. The van der Waals surface area contributed by atoms with Crippen LogP contribution in [0.5, 0.6) is 5.75 Å². The zero-order valence-corrected chi connectivity index (χ0v) is 9.36. The van der Waals surface area contributed by atoms with Crippen molar-refractivity contribution in [2.45, 2.75) is 19.8 Å². The minimum Gasteiger partial charge on any atom is -0.469 e. The molecule has 0 saturated heterocycles. The lowest BCUT2D eigenvalue weighted by Crippen LogP contribution is -2.15. The van der Waals surface area contributed by atoms with Crippen LogP contribution >= 0.6 is 0 Å². The molecule has 0 spiro atoms. The van der Waals surface area contributed by atoms with Gasteiger partial charge in [-0.15, -0.1) is 0 Å². The third-order valence-electron chi connectivity index (χ3n) is 2.09. The van der Waals surface area contributed by atoms with Crippen LogP contribution in [0, 0.1) is 0 Å². The molecule has 1 aromatic rings. The number of aryl methyl sites for hydroxylation is 1. The van der Waals surface area contributed by atoms with Crippen molar-refractivity contribution in [2.75, 3.05) is 7.11 Å². The van der Waals surface area contributed by atoms with E-state index in [0.29, 0.717) is 5.75 Å². The summed E-state index contributed by atoms with van der Waals surface area (Å²) in [5, 5.41) is 0. The molecule has 0 heterocycles. The van der Waals surface area contributed by atoms with Crippen LogP contribution < -0.4 is 4.74 Å². The Balaban J connectivity index is 2.65. The van der Waals surface area contributed by atoms with Crippen LogP contribution in [-0.4, -0.2) is 19.0 Å². The molecule has 0 aliphatic heterocycles. The summed E-state index contributed by atoms with van der Waals surface area (Å²) < 4.78 is 9.44. The molecule has 4 heteroatoms. The molecule has 86 valence electrons. The van der Waals surface area contributed by atoms with Gasteiger partial charge >= 0.3 is 11.9 Å². The zero-order chi connectivity index (χ0) is 12.0. The number of carbonyl (C=O) groups excluding carboxylic acids is 2. The number of para-hydroxylation sites is 1. The lowest BCUT2D eigenvalue weighted by molar-refractivity contribution is -0.148. The topological polar surface area (TPSA) is 52.6 Å².